The molecule has 124 valence electrons. The van der Waals surface area contributed by atoms with Gasteiger partial charge < -0.3 is 4.57 Å². The largest absolute Gasteiger partial charge is 0.325 e. The Balaban J connectivity index is 1.71. The van der Waals surface area contributed by atoms with Crippen molar-refractivity contribution in [2.45, 2.75) is 19.9 Å². The van der Waals surface area contributed by atoms with Gasteiger partial charge in [-0.25, -0.2) is 24.6 Å². The summed E-state index contributed by atoms with van der Waals surface area (Å²) in [6.45, 7) is 2.71. The zero-order valence-electron chi connectivity index (χ0n) is 13.8. The summed E-state index contributed by atoms with van der Waals surface area (Å²) < 4.78 is 3.85. The lowest BCUT2D eigenvalue weighted by Gasteiger charge is -2.12. The summed E-state index contributed by atoms with van der Waals surface area (Å²) in [5, 5.41) is 4.24. The van der Waals surface area contributed by atoms with Crippen molar-refractivity contribution in [2.24, 2.45) is 0 Å². The van der Waals surface area contributed by atoms with E-state index in [1.807, 2.05) is 37.4 Å². The summed E-state index contributed by atoms with van der Waals surface area (Å²) in [6, 6.07) is 10.0. The van der Waals surface area contributed by atoms with Crippen molar-refractivity contribution in [2.75, 3.05) is 0 Å². The summed E-state index contributed by atoms with van der Waals surface area (Å²) in [5.41, 5.74) is 2.95. The summed E-state index contributed by atoms with van der Waals surface area (Å²) in [4.78, 5) is 17.4. The normalized spacial score (nSPS) is 10.9. The van der Waals surface area contributed by atoms with Crippen LogP contribution in [-0.4, -0.2) is 34.3 Å². The number of nitrogens with zero attached hydrogens (tertiary/aromatic N) is 7. The van der Waals surface area contributed by atoms with E-state index in [0.717, 1.165) is 35.0 Å². The van der Waals surface area contributed by atoms with E-state index in [1.165, 1.54) is 6.33 Å². The van der Waals surface area contributed by atoms with E-state index in [2.05, 4.69) is 35.7 Å². The number of imidazole rings is 1. The summed E-state index contributed by atoms with van der Waals surface area (Å²) in [5.74, 6) is 1.64. The van der Waals surface area contributed by atoms with Crippen molar-refractivity contribution in [3.63, 3.8) is 0 Å². The highest BCUT2D eigenvalue weighted by Gasteiger charge is 2.11. The van der Waals surface area contributed by atoms with Gasteiger partial charge in [-0.2, -0.15) is 5.10 Å². The highest BCUT2D eigenvalue weighted by Crippen LogP contribution is 2.19. The molecule has 7 heteroatoms. The van der Waals surface area contributed by atoms with Crippen LogP contribution in [0.25, 0.3) is 17.2 Å². The van der Waals surface area contributed by atoms with E-state index in [9.17, 15) is 0 Å². The van der Waals surface area contributed by atoms with Crippen LogP contribution >= 0.6 is 0 Å². The highest BCUT2D eigenvalue weighted by atomic mass is 15.3. The van der Waals surface area contributed by atoms with Gasteiger partial charge >= 0.3 is 0 Å². The second-order valence-electron chi connectivity index (χ2n) is 5.56. The molecule has 0 unspecified atom stereocenters. The Labute approximate surface area is 145 Å². The van der Waals surface area contributed by atoms with Crippen molar-refractivity contribution in [3.05, 3.63) is 73.0 Å². The van der Waals surface area contributed by atoms with E-state index >= 15 is 0 Å². The maximum Gasteiger partial charge on any atom is 0.159 e. The van der Waals surface area contributed by atoms with Crippen LogP contribution in [0, 0.1) is 0 Å². The molecule has 0 aliphatic heterocycles. The third-order valence-electron chi connectivity index (χ3n) is 3.96. The molecule has 0 bridgehead atoms. The maximum atomic E-state index is 4.59. The minimum absolute atomic E-state index is 0.664. The average Bonchev–Trinajstić information content (AvgIpc) is 3.34. The van der Waals surface area contributed by atoms with Crippen LogP contribution in [0.4, 0.5) is 0 Å². The number of para-hydroxylation sites is 1. The van der Waals surface area contributed by atoms with E-state index in [-0.39, 0.29) is 0 Å². The maximum absolute atomic E-state index is 4.59. The number of aryl methyl sites for hydroxylation is 1. The Morgan fingerprint density at radius 2 is 1.96 bits per heavy atom. The molecule has 0 spiro atoms. The summed E-state index contributed by atoms with van der Waals surface area (Å²) >= 11 is 0. The summed E-state index contributed by atoms with van der Waals surface area (Å²) in [6.07, 6.45) is 9.56. The molecule has 4 aromatic rings. The first-order chi connectivity index (χ1) is 12.3. The highest BCUT2D eigenvalue weighted by molar-refractivity contribution is 5.50. The van der Waals surface area contributed by atoms with Gasteiger partial charge in [0.25, 0.3) is 0 Å². The second kappa shape index (κ2) is 6.64. The van der Waals surface area contributed by atoms with E-state index in [0.29, 0.717) is 6.54 Å². The van der Waals surface area contributed by atoms with Crippen LogP contribution in [0.5, 0.6) is 0 Å². The molecule has 0 fully saturated rings. The lowest BCUT2D eigenvalue weighted by molar-refractivity contribution is 0.777. The number of rotatable bonds is 5. The first-order valence-electron chi connectivity index (χ1n) is 8.11. The molecule has 3 aromatic heterocycles. The molecule has 0 aliphatic rings. The zero-order chi connectivity index (χ0) is 17.1. The molecule has 25 heavy (non-hydrogen) atoms. The van der Waals surface area contributed by atoms with E-state index in [4.69, 9.17) is 0 Å². The Morgan fingerprint density at radius 1 is 1.04 bits per heavy atom. The minimum Gasteiger partial charge on any atom is -0.325 e. The van der Waals surface area contributed by atoms with Gasteiger partial charge in [-0.3, -0.25) is 0 Å². The topological polar surface area (TPSA) is 74.3 Å². The first kappa shape index (κ1) is 15.2. The van der Waals surface area contributed by atoms with E-state index < -0.39 is 0 Å². The van der Waals surface area contributed by atoms with Crippen LogP contribution in [0.2, 0.25) is 0 Å². The molecule has 4 rings (SSSR count). The number of hydrogen-bond acceptors (Lipinski definition) is 5. The van der Waals surface area contributed by atoms with Gasteiger partial charge in [0, 0.05) is 25.0 Å². The van der Waals surface area contributed by atoms with Gasteiger partial charge in [-0.15, -0.1) is 0 Å². The quantitative estimate of drug-likeness (QED) is 0.562. The molecule has 0 atom stereocenters. The van der Waals surface area contributed by atoms with Crippen molar-refractivity contribution in [1.29, 1.82) is 0 Å². The molecule has 0 saturated heterocycles. The predicted octanol–water partition coefficient (Wildman–Crippen LogP) is 2.53. The molecule has 0 aliphatic carbocycles. The van der Waals surface area contributed by atoms with Crippen molar-refractivity contribution in [3.8, 4) is 17.2 Å². The lowest BCUT2D eigenvalue weighted by atomic mass is 10.1. The van der Waals surface area contributed by atoms with Crippen LogP contribution in [0.15, 0.2) is 61.6 Å². The van der Waals surface area contributed by atoms with Crippen LogP contribution in [0.3, 0.4) is 0 Å². The number of hydrogen-bond donors (Lipinski definition) is 0. The zero-order valence-corrected chi connectivity index (χ0v) is 13.8. The van der Waals surface area contributed by atoms with Crippen LogP contribution in [0.1, 0.15) is 18.3 Å². The SMILES string of the molecule is CCc1nccc(-c2nccn2Cc2ccccc2-n2cncn2)n1. The fourth-order valence-corrected chi connectivity index (χ4v) is 2.75. The van der Waals surface area contributed by atoms with Gasteiger partial charge in [0.2, 0.25) is 0 Å². The third-order valence-corrected chi connectivity index (χ3v) is 3.96. The van der Waals surface area contributed by atoms with Crippen LogP contribution in [-0.2, 0) is 13.0 Å². The van der Waals surface area contributed by atoms with Gasteiger partial charge in [-0.1, -0.05) is 25.1 Å². The number of aromatic nitrogens is 7. The average molecular weight is 331 g/mol. The van der Waals surface area contributed by atoms with Gasteiger partial charge in [0.05, 0.1) is 12.2 Å². The van der Waals surface area contributed by atoms with E-state index in [1.54, 1.807) is 23.4 Å². The third kappa shape index (κ3) is 3.03. The molecule has 0 saturated carbocycles. The lowest BCUT2D eigenvalue weighted by Crippen LogP contribution is -2.07. The Bertz CT molecular complexity index is 973. The molecule has 7 nitrogen and oxygen atoms in total. The molecular formula is C18H17N7. The Kier molecular flexibility index (Phi) is 4.04. The molecule has 3 heterocycles. The fraction of sp³-hybridized carbons (Fsp3) is 0.167. The molecule has 0 N–H and O–H groups in total. The number of benzene rings is 1. The molecule has 0 radical (unpaired) electrons. The Morgan fingerprint density at radius 3 is 2.80 bits per heavy atom. The standard InChI is InChI=1S/C18H17N7/c1-2-17-20-8-7-15(23-17)18-21-9-10-24(18)11-14-5-3-4-6-16(14)25-13-19-12-22-25/h3-10,12-13H,2,11H2,1H3. The second-order valence-corrected chi connectivity index (χ2v) is 5.56. The van der Waals surface area contributed by atoms with Crippen molar-refractivity contribution >= 4 is 0 Å². The molecule has 1 aromatic carbocycles. The predicted molar refractivity (Wildman–Crippen MR) is 93.1 cm³/mol. The smallest absolute Gasteiger partial charge is 0.159 e. The molecule has 0 amide bonds. The van der Waals surface area contributed by atoms with Crippen LogP contribution < -0.4 is 0 Å². The van der Waals surface area contributed by atoms with Gasteiger partial charge in [0.15, 0.2) is 5.82 Å². The van der Waals surface area contributed by atoms with Gasteiger partial charge in [-0.05, 0) is 17.7 Å². The molecular weight excluding hydrogens is 314 g/mol. The summed E-state index contributed by atoms with van der Waals surface area (Å²) in [7, 11) is 0. The Hall–Kier alpha value is -3.35. The first-order valence-corrected chi connectivity index (χ1v) is 8.11. The van der Waals surface area contributed by atoms with Crippen molar-refractivity contribution in [1.82, 2.24) is 34.3 Å². The fourth-order valence-electron chi connectivity index (χ4n) is 2.75. The minimum atomic E-state index is 0.664. The monoisotopic (exact) mass is 331 g/mol. The van der Waals surface area contributed by atoms with Crippen molar-refractivity contribution < 1.29 is 0 Å². The van der Waals surface area contributed by atoms with Gasteiger partial charge in [0.1, 0.15) is 24.2 Å².